The van der Waals surface area contributed by atoms with Crippen molar-refractivity contribution in [2.24, 2.45) is 0 Å². The van der Waals surface area contributed by atoms with E-state index in [0.29, 0.717) is 19.7 Å². The summed E-state index contributed by atoms with van der Waals surface area (Å²) in [5.74, 6) is 1.70. The topological polar surface area (TPSA) is 54.0 Å². The lowest BCUT2D eigenvalue weighted by Gasteiger charge is -2.22. The van der Waals surface area contributed by atoms with E-state index in [4.69, 9.17) is 9.47 Å². The standard InChI is InChI=1S/C30H37N3O3/c1-31-30(34)33(24-25-8-3-2-4-9-25)21-23-36-29-16-12-27(13-17-29)26-10-14-28(15-11-26)35-22-7-20-32-18-5-6-19-32/h2-4,8-17H,5-7,18-24H2,1H3,(H,31,34). The van der Waals surface area contributed by atoms with Crippen molar-refractivity contribution in [3.63, 3.8) is 0 Å². The Balaban J connectivity index is 1.22. The van der Waals surface area contributed by atoms with Crippen LogP contribution in [0.1, 0.15) is 24.8 Å². The van der Waals surface area contributed by atoms with Gasteiger partial charge < -0.3 is 24.6 Å². The van der Waals surface area contributed by atoms with Gasteiger partial charge in [-0.3, -0.25) is 0 Å². The van der Waals surface area contributed by atoms with Crippen LogP contribution in [0.3, 0.4) is 0 Å². The van der Waals surface area contributed by atoms with E-state index in [1.807, 2.05) is 54.6 Å². The molecule has 1 saturated heterocycles. The first-order valence-electron chi connectivity index (χ1n) is 12.9. The fourth-order valence-electron chi connectivity index (χ4n) is 4.46. The van der Waals surface area contributed by atoms with Crippen LogP contribution in [0.4, 0.5) is 4.79 Å². The van der Waals surface area contributed by atoms with E-state index >= 15 is 0 Å². The maximum absolute atomic E-state index is 12.3. The summed E-state index contributed by atoms with van der Waals surface area (Å²) >= 11 is 0. The van der Waals surface area contributed by atoms with Crippen molar-refractivity contribution in [1.29, 1.82) is 0 Å². The Bertz CT molecular complexity index is 1050. The Kier molecular flexibility index (Phi) is 9.62. The molecule has 0 bridgehead atoms. The molecule has 3 aromatic carbocycles. The predicted molar refractivity (Wildman–Crippen MR) is 144 cm³/mol. The Labute approximate surface area is 214 Å². The highest BCUT2D eigenvalue weighted by Crippen LogP contribution is 2.25. The summed E-state index contributed by atoms with van der Waals surface area (Å²) in [6, 6.07) is 26.2. The number of benzene rings is 3. The minimum Gasteiger partial charge on any atom is -0.494 e. The molecule has 1 N–H and O–H groups in total. The zero-order chi connectivity index (χ0) is 25.0. The number of rotatable bonds is 12. The molecule has 0 spiro atoms. The van der Waals surface area contributed by atoms with Crippen molar-refractivity contribution in [2.75, 3.05) is 46.4 Å². The molecule has 6 heteroatoms. The van der Waals surface area contributed by atoms with Crippen LogP contribution in [0.25, 0.3) is 11.1 Å². The molecule has 36 heavy (non-hydrogen) atoms. The van der Waals surface area contributed by atoms with Crippen LogP contribution >= 0.6 is 0 Å². The van der Waals surface area contributed by atoms with Gasteiger partial charge in [0.05, 0.1) is 13.2 Å². The number of ether oxygens (including phenoxy) is 2. The van der Waals surface area contributed by atoms with E-state index in [1.54, 1.807) is 11.9 Å². The van der Waals surface area contributed by atoms with Crippen LogP contribution in [0.5, 0.6) is 11.5 Å². The average Bonchev–Trinajstić information content (AvgIpc) is 3.45. The molecule has 0 aromatic heterocycles. The Morgan fingerprint density at radius 3 is 2.00 bits per heavy atom. The minimum absolute atomic E-state index is 0.114. The van der Waals surface area contributed by atoms with Crippen LogP contribution in [-0.2, 0) is 6.54 Å². The average molecular weight is 488 g/mol. The molecule has 4 rings (SSSR count). The van der Waals surface area contributed by atoms with Gasteiger partial charge in [0.15, 0.2) is 0 Å². The lowest BCUT2D eigenvalue weighted by Crippen LogP contribution is -2.40. The normalized spacial score (nSPS) is 13.4. The van der Waals surface area contributed by atoms with Crippen LogP contribution in [0, 0.1) is 0 Å². The first-order valence-corrected chi connectivity index (χ1v) is 12.9. The lowest BCUT2D eigenvalue weighted by molar-refractivity contribution is 0.181. The molecule has 0 saturated carbocycles. The number of hydrogen-bond donors (Lipinski definition) is 1. The first-order chi connectivity index (χ1) is 17.7. The highest BCUT2D eigenvalue weighted by molar-refractivity contribution is 5.73. The fourth-order valence-corrected chi connectivity index (χ4v) is 4.46. The zero-order valence-corrected chi connectivity index (χ0v) is 21.2. The second kappa shape index (κ2) is 13.5. The van der Waals surface area contributed by atoms with Gasteiger partial charge in [0.2, 0.25) is 0 Å². The van der Waals surface area contributed by atoms with E-state index in [9.17, 15) is 4.79 Å². The number of amides is 2. The third kappa shape index (κ3) is 7.75. The molecule has 190 valence electrons. The number of carbonyl (C=O) groups is 1. The monoisotopic (exact) mass is 487 g/mol. The smallest absolute Gasteiger partial charge is 0.317 e. The van der Waals surface area contributed by atoms with Gasteiger partial charge in [-0.25, -0.2) is 4.79 Å². The molecular weight excluding hydrogens is 450 g/mol. The van der Waals surface area contributed by atoms with Crippen LogP contribution in [-0.4, -0.2) is 62.3 Å². The molecule has 2 amide bonds. The highest BCUT2D eigenvalue weighted by Gasteiger charge is 2.13. The third-order valence-corrected chi connectivity index (χ3v) is 6.48. The molecule has 0 atom stereocenters. The summed E-state index contributed by atoms with van der Waals surface area (Å²) in [4.78, 5) is 16.5. The fraction of sp³-hybridized carbons (Fsp3) is 0.367. The summed E-state index contributed by atoms with van der Waals surface area (Å²) in [5.41, 5.74) is 3.35. The largest absolute Gasteiger partial charge is 0.494 e. The van der Waals surface area contributed by atoms with Gasteiger partial charge in [-0.05, 0) is 73.3 Å². The van der Waals surface area contributed by atoms with Crippen molar-refractivity contribution < 1.29 is 14.3 Å². The molecule has 1 aliphatic heterocycles. The number of likely N-dealkylation sites (tertiary alicyclic amines) is 1. The van der Waals surface area contributed by atoms with Gasteiger partial charge in [-0.1, -0.05) is 54.6 Å². The van der Waals surface area contributed by atoms with Crippen molar-refractivity contribution in [3.05, 3.63) is 84.4 Å². The molecule has 1 heterocycles. The Morgan fingerprint density at radius 2 is 1.42 bits per heavy atom. The van der Waals surface area contributed by atoms with Gasteiger partial charge >= 0.3 is 6.03 Å². The molecule has 0 aliphatic carbocycles. The van der Waals surface area contributed by atoms with Gasteiger partial charge in [-0.2, -0.15) is 0 Å². The number of nitrogens with zero attached hydrogens (tertiary/aromatic N) is 2. The maximum Gasteiger partial charge on any atom is 0.317 e. The van der Waals surface area contributed by atoms with Gasteiger partial charge in [0, 0.05) is 20.1 Å². The van der Waals surface area contributed by atoms with E-state index in [1.165, 1.54) is 25.9 Å². The summed E-state index contributed by atoms with van der Waals surface area (Å²) in [7, 11) is 1.65. The lowest BCUT2D eigenvalue weighted by atomic mass is 10.1. The SMILES string of the molecule is CNC(=O)N(CCOc1ccc(-c2ccc(OCCCN3CCCC3)cc2)cc1)Cc1ccccc1. The van der Waals surface area contributed by atoms with Crippen LogP contribution in [0.15, 0.2) is 78.9 Å². The zero-order valence-electron chi connectivity index (χ0n) is 21.2. The van der Waals surface area contributed by atoms with E-state index in [2.05, 4.69) is 34.5 Å². The van der Waals surface area contributed by atoms with Crippen LogP contribution in [0.2, 0.25) is 0 Å². The number of urea groups is 1. The molecule has 0 unspecified atom stereocenters. The van der Waals surface area contributed by atoms with Gasteiger partial charge in [-0.15, -0.1) is 0 Å². The van der Waals surface area contributed by atoms with E-state index in [-0.39, 0.29) is 6.03 Å². The molecular formula is C30H37N3O3. The molecule has 6 nitrogen and oxygen atoms in total. The van der Waals surface area contributed by atoms with Gasteiger partial charge in [0.1, 0.15) is 18.1 Å². The number of nitrogens with one attached hydrogen (secondary N) is 1. The first kappa shape index (κ1) is 25.6. The summed E-state index contributed by atoms with van der Waals surface area (Å²) in [6.07, 6.45) is 3.73. The van der Waals surface area contributed by atoms with Crippen molar-refractivity contribution in [2.45, 2.75) is 25.8 Å². The molecule has 1 fully saturated rings. The number of hydrogen-bond acceptors (Lipinski definition) is 4. The Morgan fingerprint density at radius 1 is 0.833 bits per heavy atom. The third-order valence-electron chi connectivity index (χ3n) is 6.48. The summed E-state index contributed by atoms with van der Waals surface area (Å²) in [6.45, 7) is 5.82. The maximum atomic E-state index is 12.3. The number of carbonyl (C=O) groups excluding carboxylic acids is 1. The van der Waals surface area contributed by atoms with Crippen molar-refractivity contribution >= 4 is 6.03 Å². The minimum atomic E-state index is -0.114. The van der Waals surface area contributed by atoms with Crippen LogP contribution < -0.4 is 14.8 Å². The second-order valence-corrected chi connectivity index (χ2v) is 9.11. The Hall–Kier alpha value is -3.51. The van der Waals surface area contributed by atoms with Gasteiger partial charge in [0.25, 0.3) is 0 Å². The molecule has 1 aliphatic rings. The highest BCUT2D eigenvalue weighted by atomic mass is 16.5. The van der Waals surface area contributed by atoms with Crippen molar-refractivity contribution in [3.8, 4) is 22.6 Å². The second-order valence-electron chi connectivity index (χ2n) is 9.11. The molecule has 0 radical (unpaired) electrons. The van der Waals surface area contributed by atoms with Crippen molar-refractivity contribution in [1.82, 2.24) is 15.1 Å². The predicted octanol–water partition coefficient (Wildman–Crippen LogP) is 5.44. The summed E-state index contributed by atoms with van der Waals surface area (Å²) in [5, 5.41) is 2.71. The quantitative estimate of drug-likeness (QED) is 0.346. The molecule has 3 aromatic rings. The summed E-state index contributed by atoms with van der Waals surface area (Å²) < 4.78 is 11.8. The van der Waals surface area contributed by atoms with E-state index < -0.39 is 0 Å². The van der Waals surface area contributed by atoms with E-state index in [0.717, 1.165) is 47.8 Å².